The zero-order chi connectivity index (χ0) is 12.4. The molecule has 4 heteroatoms. The van der Waals surface area contributed by atoms with Crippen molar-refractivity contribution in [2.24, 2.45) is 5.73 Å². The molecule has 90 valence electrons. The standard InChI is InChI=1S/C13H16ClN3/c1-9-3-4-11(5-6-15)7-13(9)17-8-12(14)10(2)16-17/h3-4,7-8H,5-6,15H2,1-2H3. The molecule has 0 spiro atoms. The van der Waals surface area contributed by atoms with Crippen molar-refractivity contribution in [1.29, 1.82) is 0 Å². The predicted molar refractivity (Wildman–Crippen MR) is 70.8 cm³/mol. The molecule has 0 radical (unpaired) electrons. The van der Waals surface area contributed by atoms with Gasteiger partial charge in [-0.2, -0.15) is 5.10 Å². The number of halogens is 1. The molecule has 2 rings (SSSR count). The Balaban J connectivity index is 2.46. The maximum absolute atomic E-state index is 6.03. The second kappa shape index (κ2) is 4.90. The molecule has 1 aromatic carbocycles. The lowest BCUT2D eigenvalue weighted by Gasteiger charge is -2.08. The molecule has 0 saturated heterocycles. The number of aromatic nitrogens is 2. The highest BCUT2D eigenvalue weighted by atomic mass is 35.5. The lowest BCUT2D eigenvalue weighted by molar-refractivity contribution is 0.850. The molecular formula is C13H16ClN3. The maximum atomic E-state index is 6.03. The molecule has 1 aromatic heterocycles. The van der Waals surface area contributed by atoms with Crippen molar-refractivity contribution < 1.29 is 0 Å². The predicted octanol–water partition coefficient (Wildman–Crippen LogP) is 2.64. The fraction of sp³-hybridized carbons (Fsp3) is 0.308. The summed E-state index contributed by atoms with van der Waals surface area (Å²) in [5.41, 5.74) is 9.87. The Labute approximate surface area is 106 Å². The van der Waals surface area contributed by atoms with Gasteiger partial charge in [-0.15, -0.1) is 0 Å². The van der Waals surface area contributed by atoms with Crippen molar-refractivity contribution in [3.63, 3.8) is 0 Å². The highest BCUT2D eigenvalue weighted by molar-refractivity contribution is 6.31. The Morgan fingerprint density at radius 1 is 1.35 bits per heavy atom. The smallest absolute Gasteiger partial charge is 0.0819 e. The Morgan fingerprint density at radius 2 is 2.12 bits per heavy atom. The first kappa shape index (κ1) is 12.1. The van der Waals surface area contributed by atoms with E-state index in [9.17, 15) is 0 Å². The lowest BCUT2D eigenvalue weighted by Crippen LogP contribution is -2.05. The second-order valence-corrected chi connectivity index (χ2v) is 4.57. The van der Waals surface area contributed by atoms with Crippen molar-refractivity contribution in [2.45, 2.75) is 20.3 Å². The summed E-state index contributed by atoms with van der Waals surface area (Å²) in [6.07, 6.45) is 2.71. The molecule has 0 aliphatic rings. The van der Waals surface area contributed by atoms with E-state index in [1.165, 1.54) is 11.1 Å². The van der Waals surface area contributed by atoms with Gasteiger partial charge in [0.2, 0.25) is 0 Å². The Bertz CT molecular complexity index is 512. The first-order valence-electron chi connectivity index (χ1n) is 5.63. The van der Waals surface area contributed by atoms with Gasteiger partial charge in [-0.25, -0.2) is 4.68 Å². The van der Waals surface area contributed by atoms with Crippen molar-refractivity contribution in [2.75, 3.05) is 6.54 Å². The fourth-order valence-corrected chi connectivity index (χ4v) is 1.92. The van der Waals surface area contributed by atoms with Gasteiger partial charge >= 0.3 is 0 Å². The highest BCUT2D eigenvalue weighted by Gasteiger charge is 2.07. The van der Waals surface area contributed by atoms with E-state index < -0.39 is 0 Å². The molecule has 0 bridgehead atoms. The van der Waals surface area contributed by atoms with E-state index in [1.54, 1.807) is 0 Å². The Hall–Kier alpha value is -1.32. The Kier molecular flexibility index (Phi) is 3.50. The third-order valence-electron chi connectivity index (χ3n) is 2.79. The van der Waals surface area contributed by atoms with Crippen LogP contribution in [-0.4, -0.2) is 16.3 Å². The van der Waals surface area contributed by atoms with Crippen molar-refractivity contribution in [3.05, 3.63) is 46.2 Å². The van der Waals surface area contributed by atoms with Crippen LogP contribution in [-0.2, 0) is 6.42 Å². The lowest BCUT2D eigenvalue weighted by atomic mass is 10.1. The van der Waals surface area contributed by atoms with Crippen molar-refractivity contribution >= 4 is 11.6 Å². The van der Waals surface area contributed by atoms with E-state index in [1.807, 2.05) is 17.8 Å². The van der Waals surface area contributed by atoms with E-state index in [0.29, 0.717) is 11.6 Å². The van der Waals surface area contributed by atoms with Crippen LogP contribution in [0.2, 0.25) is 5.02 Å². The average molecular weight is 250 g/mol. The Morgan fingerprint density at radius 3 is 2.71 bits per heavy atom. The molecule has 0 amide bonds. The molecule has 0 saturated carbocycles. The molecule has 0 fully saturated rings. The molecule has 2 aromatic rings. The van der Waals surface area contributed by atoms with E-state index in [0.717, 1.165) is 17.8 Å². The summed E-state index contributed by atoms with van der Waals surface area (Å²) in [5.74, 6) is 0. The van der Waals surface area contributed by atoms with Gasteiger partial charge in [0, 0.05) is 6.20 Å². The molecular weight excluding hydrogens is 234 g/mol. The zero-order valence-corrected chi connectivity index (χ0v) is 10.8. The topological polar surface area (TPSA) is 43.8 Å². The quantitative estimate of drug-likeness (QED) is 0.909. The van der Waals surface area contributed by atoms with Crippen LogP contribution < -0.4 is 5.73 Å². The summed E-state index contributed by atoms with van der Waals surface area (Å²) >= 11 is 6.03. The minimum atomic E-state index is 0.654. The van der Waals surface area contributed by atoms with E-state index in [-0.39, 0.29) is 0 Å². The van der Waals surface area contributed by atoms with Crippen LogP contribution in [0.1, 0.15) is 16.8 Å². The van der Waals surface area contributed by atoms with E-state index in [2.05, 4.69) is 30.2 Å². The summed E-state index contributed by atoms with van der Waals surface area (Å²) in [4.78, 5) is 0. The van der Waals surface area contributed by atoms with Gasteiger partial charge in [0.15, 0.2) is 0 Å². The number of hydrogen-bond donors (Lipinski definition) is 1. The average Bonchev–Trinajstić information content (AvgIpc) is 2.62. The van der Waals surface area contributed by atoms with Gasteiger partial charge < -0.3 is 5.73 Å². The molecule has 0 atom stereocenters. The number of nitrogens with zero attached hydrogens (tertiary/aromatic N) is 2. The maximum Gasteiger partial charge on any atom is 0.0819 e. The van der Waals surface area contributed by atoms with Gasteiger partial charge in [0.1, 0.15) is 0 Å². The normalized spacial score (nSPS) is 10.8. The zero-order valence-electron chi connectivity index (χ0n) is 10.1. The van der Waals surface area contributed by atoms with Gasteiger partial charge in [-0.1, -0.05) is 23.7 Å². The summed E-state index contributed by atoms with van der Waals surface area (Å²) in [6.45, 7) is 4.62. The van der Waals surface area contributed by atoms with Gasteiger partial charge in [-0.05, 0) is 44.0 Å². The summed E-state index contributed by atoms with van der Waals surface area (Å²) in [5, 5.41) is 5.08. The molecule has 3 nitrogen and oxygen atoms in total. The summed E-state index contributed by atoms with van der Waals surface area (Å²) in [6, 6.07) is 6.31. The number of hydrogen-bond acceptors (Lipinski definition) is 2. The van der Waals surface area contributed by atoms with Crippen LogP contribution in [0, 0.1) is 13.8 Å². The number of benzene rings is 1. The second-order valence-electron chi connectivity index (χ2n) is 4.17. The van der Waals surface area contributed by atoms with Crippen LogP contribution >= 0.6 is 11.6 Å². The first-order valence-corrected chi connectivity index (χ1v) is 6.01. The van der Waals surface area contributed by atoms with Crippen LogP contribution in [0.5, 0.6) is 0 Å². The minimum Gasteiger partial charge on any atom is -0.330 e. The minimum absolute atomic E-state index is 0.654. The van der Waals surface area contributed by atoms with Gasteiger partial charge in [-0.3, -0.25) is 0 Å². The summed E-state index contributed by atoms with van der Waals surface area (Å²) in [7, 11) is 0. The number of nitrogens with two attached hydrogens (primary N) is 1. The molecule has 0 aliphatic carbocycles. The van der Waals surface area contributed by atoms with Crippen LogP contribution in [0.25, 0.3) is 5.69 Å². The van der Waals surface area contributed by atoms with Crippen LogP contribution in [0.3, 0.4) is 0 Å². The van der Waals surface area contributed by atoms with Gasteiger partial charge in [0.25, 0.3) is 0 Å². The molecule has 0 unspecified atom stereocenters. The number of aryl methyl sites for hydroxylation is 2. The third kappa shape index (κ3) is 2.51. The largest absolute Gasteiger partial charge is 0.330 e. The van der Waals surface area contributed by atoms with E-state index >= 15 is 0 Å². The molecule has 17 heavy (non-hydrogen) atoms. The number of rotatable bonds is 3. The van der Waals surface area contributed by atoms with Gasteiger partial charge in [0.05, 0.1) is 16.4 Å². The van der Waals surface area contributed by atoms with Crippen LogP contribution in [0.4, 0.5) is 0 Å². The monoisotopic (exact) mass is 249 g/mol. The fourth-order valence-electron chi connectivity index (χ4n) is 1.79. The first-order chi connectivity index (χ1) is 8.11. The van der Waals surface area contributed by atoms with Crippen molar-refractivity contribution in [3.8, 4) is 5.69 Å². The van der Waals surface area contributed by atoms with Crippen LogP contribution in [0.15, 0.2) is 24.4 Å². The highest BCUT2D eigenvalue weighted by Crippen LogP contribution is 2.20. The van der Waals surface area contributed by atoms with E-state index in [4.69, 9.17) is 17.3 Å². The SMILES string of the molecule is Cc1ccc(CCN)cc1-n1cc(Cl)c(C)n1. The third-order valence-corrected chi connectivity index (χ3v) is 3.16. The van der Waals surface area contributed by atoms with Crippen molar-refractivity contribution in [1.82, 2.24) is 9.78 Å². The summed E-state index contributed by atoms with van der Waals surface area (Å²) < 4.78 is 1.83. The molecule has 1 heterocycles. The molecule has 0 aliphatic heterocycles. The molecule has 2 N–H and O–H groups in total.